The van der Waals surface area contributed by atoms with Crippen molar-refractivity contribution in [2.75, 3.05) is 43.9 Å². The molecule has 2 N–H and O–H groups in total. The van der Waals surface area contributed by atoms with Crippen LogP contribution in [-0.2, 0) is 11.2 Å². The van der Waals surface area contributed by atoms with Crippen LogP contribution in [0, 0.1) is 19.8 Å². The van der Waals surface area contributed by atoms with Crippen molar-refractivity contribution >= 4 is 35.0 Å². The number of Topliss-reactive ketones (excluding diaryl/α,β-unsaturated/α-hetero) is 1. The number of anilines is 3. The van der Waals surface area contributed by atoms with Crippen molar-refractivity contribution in [1.29, 1.82) is 0 Å². The minimum Gasteiger partial charge on any atom is -0.356 e. The van der Waals surface area contributed by atoms with E-state index in [0.717, 1.165) is 64.7 Å². The zero-order valence-electron chi connectivity index (χ0n) is 22.0. The first kappa shape index (κ1) is 26.2. The number of aryl methyl sites for hydroxylation is 1. The van der Waals surface area contributed by atoms with Crippen molar-refractivity contribution in [2.24, 2.45) is 5.92 Å². The van der Waals surface area contributed by atoms with Gasteiger partial charge in [-0.1, -0.05) is 12.1 Å². The highest BCUT2D eigenvalue weighted by molar-refractivity contribution is 7.99. The molecule has 0 saturated carbocycles. The number of rotatable bonds is 10. The van der Waals surface area contributed by atoms with E-state index in [-0.39, 0.29) is 5.78 Å². The molecule has 36 heavy (non-hydrogen) atoms. The lowest BCUT2D eigenvalue weighted by Crippen LogP contribution is -2.35. The first-order chi connectivity index (χ1) is 17.3. The van der Waals surface area contributed by atoms with E-state index in [0.29, 0.717) is 11.6 Å². The number of ketones is 1. The monoisotopic (exact) mass is 507 g/mol. The summed E-state index contributed by atoms with van der Waals surface area (Å²) in [6, 6.07) is 10.0. The molecule has 0 atom stereocenters. The van der Waals surface area contributed by atoms with E-state index in [2.05, 4.69) is 46.3 Å². The molecule has 9 heteroatoms. The molecule has 3 aromatic rings. The molecule has 0 bridgehead atoms. The highest BCUT2D eigenvalue weighted by Crippen LogP contribution is 2.34. The van der Waals surface area contributed by atoms with E-state index >= 15 is 0 Å². The number of hydrogen-bond donors (Lipinski definition) is 2. The minimum absolute atomic E-state index is 0.164. The maximum atomic E-state index is 11.4. The molecule has 1 aromatic carbocycles. The van der Waals surface area contributed by atoms with Crippen molar-refractivity contribution in [3.8, 4) is 0 Å². The predicted molar refractivity (Wildman–Crippen MR) is 146 cm³/mol. The SMILES string of the molecule is CC(=O)Cc1ccc(Sc2nc(Nc3cc(C)[nH]n3)c(C)c(N3CCC(CCN(C)C)CC3)n2)cc1. The number of aromatic amines is 1. The van der Waals surface area contributed by atoms with Gasteiger partial charge in [0.1, 0.15) is 17.4 Å². The maximum absolute atomic E-state index is 11.4. The fourth-order valence-corrected chi connectivity index (χ4v) is 5.26. The van der Waals surface area contributed by atoms with E-state index in [1.54, 1.807) is 6.92 Å². The van der Waals surface area contributed by atoms with E-state index in [9.17, 15) is 4.79 Å². The summed E-state index contributed by atoms with van der Waals surface area (Å²) in [6.07, 6.45) is 4.06. The average molecular weight is 508 g/mol. The van der Waals surface area contributed by atoms with Gasteiger partial charge in [-0.3, -0.25) is 9.89 Å². The molecule has 1 aliphatic rings. The van der Waals surface area contributed by atoms with E-state index in [1.807, 2.05) is 37.3 Å². The number of nitrogens with zero attached hydrogens (tertiary/aromatic N) is 5. The van der Waals surface area contributed by atoms with Crippen LogP contribution in [0.5, 0.6) is 0 Å². The van der Waals surface area contributed by atoms with Gasteiger partial charge in [0.15, 0.2) is 11.0 Å². The molecule has 4 rings (SSSR count). The zero-order valence-corrected chi connectivity index (χ0v) is 22.8. The van der Waals surface area contributed by atoms with Crippen LogP contribution < -0.4 is 10.2 Å². The van der Waals surface area contributed by atoms with Crippen LogP contribution in [0.2, 0.25) is 0 Å². The molecule has 1 aliphatic heterocycles. The first-order valence-electron chi connectivity index (χ1n) is 12.6. The lowest BCUT2D eigenvalue weighted by molar-refractivity contribution is -0.116. The number of nitrogens with one attached hydrogen (secondary N) is 2. The highest BCUT2D eigenvalue weighted by Gasteiger charge is 2.24. The second kappa shape index (κ2) is 11.9. The van der Waals surface area contributed by atoms with Crippen LogP contribution in [0.3, 0.4) is 0 Å². The second-order valence-electron chi connectivity index (χ2n) is 10.0. The molecule has 1 fully saturated rings. The quantitative estimate of drug-likeness (QED) is 0.370. The molecule has 2 aromatic heterocycles. The van der Waals surface area contributed by atoms with Crippen molar-refractivity contribution in [2.45, 2.75) is 56.5 Å². The van der Waals surface area contributed by atoms with Crippen LogP contribution in [0.1, 0.15) is 43.0 Å². The summed E-state index contributed by atoms with van der Waals surface area (Å²) < 4.78 is 0. The fourth-order valence-electron chi connectivity index (χ4n) is 4.51. The molecule has 0 aliphatic carbocycles. The largest absolute Gasteiger partial charge is 0.356 e. The molecular formula is C27H37N7OS. The Morgan fingerprint density at radius 1 is 1.17 bits per heavy atom. The van der Waals surface area contributed by atoms with Crippen molar-refractivity contribution in [1.82, 2.24) is 25.1 Å². The summed E-state index contributed by atoms with van der Waals surface area (Å²) >= 11 is 1.54. The number of benzene rings is 1. The Bertz CT molecular complexity index is 1170. The Kier molecular flexibility index (Phi) is 8.64. The molecule has 3 heterocycles. The lowest BCUT2D eigenvalue weighted by Gasteiger charge is -2.34. The summed E-state index contributed by atoms with van der Waals surface area (Å²) in [7, 11) is 4.29. The number of piperidine rings is 1. The topological polar surface area (TPSA) is 90.0 Å². The van der Waals surface area contributed by atoms with Gasteiger partial charge in [0.05, 0.1) is 0 Å². The number of carbonyl (C=O) groups is 1. The molecule has 0 radical (unpaired) electrons. The van der Waals surface area contributed by atoms with Gasteiger partial charge >= 0.3 is 0 Å². The summed E-state index contributed by atoms with van der Waals surface area (Å²) in [5, 5.41) is 11.4. The third-order valence-electron chi connectivity index (χ3n) is 6.54. The molecular weight excluding hydrogens is 470 g/mol. The van der Waals surface area contributed by atoms with Gasteiger partial charge in [-0.15, -0.1) is 0 Å². The van der Waals surface area contributed by atoms with Crippen molar-refractivity contribution in [3.05, 3.63) is 47.2 Å². The fraction of sp³-hybridized carbons (Fsp3) is 0.481. The summed E-state index contributed by atoms with van der Waals surface area (Å²) in [5.74, 6) is 3.43. The van der Waals surface area contributed by atoms with Crippen LogP contribution in [0.4, 0.5) is 17.5 Å². The molecule has 0 unspecified atom stereocenters. The third-order valence-corrected chi connectivity index (χ3v) is 7.41. The summed E-state index contributed by atoms with van der Waals surface area (Å²) in [4.78, 5) is 27.0. The van der Waals surface area contributed by atoms with Gasteiger partial charge in [-0.2, -0.15) is 5.10 Å². The smallest absolute Gasteiger partial charge is 0.196 e. The predicted octanol–water partition coefficient (Wildman–Crippen LogP) is 5.01. The number of H-pyrrole nitrogens is 1. The molecule has 192 valence electrons. The first-order valence-corrected chi connectivity index (χ1v) is 13.4. The summed E-state index contributed by atoms with van der Waals surface area (Å²) in [5.41, 5.74) is 3.04. The van der Waals surface area contributed by atoms with Gasteiger partial charge < -0.3 is 15.1 Å². The Hall–Kier alpha value is -2.91. The average Bonchev–Trinajstić information content (AvgIpc) is 3.25. The van der Waals surface area contributed by atoms with E-state index in [1.165, 1.54) is 31.0 Å². The number of carbonyl (C=O) groups excluding carboxylic acids is 1. The van der Waals surface area contributed by atoms with Crippen LogP contribution in [0.25, 0.3) is 0 Å². The normalized spacial score (nSPS) is 14.4. The minimum atomic E-state index is 0.164. The van der Waals surface area contributed by atoms with Crippen LogP contribution in [0.15, 0.2) is 40.4 Å². The Labute approximate surface area is 218 Å². The standard InChI is InChI=1S/C27H37N7OS/c1-18-16-24(32-31-18)28-25-20(3)26(34-14-11-21(12-15-34)10-13-33(4)5)30-27(29-25)36-23-8-6-22(7-9-23)17-19(2)35/h6-9,16,21H,10-15,17H2,1-5H3,(H2,28,29,30,31,32). The zero-order chi connectivity index (χ0) is 25.7. The van der Waals surface area contributed by atoms with Gasteiger partial charge in [0.2, 0.25) is 0 Å². The van der Waals surface area contributed by atoms with Gasteiger partial charge in [-0.05, 0) is 96.0 Å². The maximum Gasteiger partial charge on any atom is 0.196 e. The van der Waals surface area contributed by atoms with Gasteiger partial charge in [0.25, 0.3) is 0 Å². The Morgan fingerprint density at radius 2 is 1.89 bits per heavy atom. The number of aromatic nitrogens is 4. The van der Waals surface area contributed by atoms with Crippen LogP contribution in [-0.4, -0.2) is 64.6 Å². The molecule has 1 saturated heterocycles. The lowest BCUT2D eigenvalue weighted by atomic mass is 9.93. The molecule has 0 amide bonds. The van der Waals surface area contributed by atoms with E-state index in [4.69, 9.17) is 9.97 Å². The molecule has 0 spiro atoms. The Balaban J connectivity index is 1.56. The number of hydrogen-bond acceptors (Lipinski definition) is 8. The van der Waals surface area contributed by atoms with Gasteiger partial charge in [0, 0.05) is 41.7 Å². The Morgan fingerprint density at radius 3 is 2.50 bits per heavy atom. The third kappa shape index (κ3) is 7.07. The van der Waals surface area contributed by atoms with Gasteiger partial charge in [-0.25, -0.2) is 9.97 Å². The van der Waals surface area contributed by atoms with E-state index < -0.39 is 0 Å². The van der Waals surface area contributed by atoms with Crippen molar-refractivity contribution < 1.29 is 4.79 Å². The second-order valence-corrected chi connectivity index (χ2v) is 11.1. The van der Waals surface area contributed by atoms with Crippen LogP contribution >= 0.6 is 11.8 Å². The molecule has 8 nitrogen and oxygen atoms in total. The van der Waals surface area contributed by atoms with Crippen molar-refractivity contribution in [3.63, 3.8) is 0 Å². The summed E-state index contributed by atoms with van der Waals surface area (Å²) in [6.45, 7) is 8.82. The highest BCUT2D eigenvalue weighted by atomic mass is 32.2.